The third-order valence-corrected chi connectivity index (χ3v) is 7.46. The van der Waals surface area contributed by atoms with E-state index in [1.165, 1.54) is 11.1 Å². The van der Waals surface area contributed by atoms with E-state index >= 15 is 0 Å². The van der Waals surface area contributed by atoms with Crippen molar-refractivity contribution in [2.75, 3.05) is 20.7 Å². The van der Waals surface area contributed by atoms with Crippen LogP contribution in [0.2, 0.25) is 0 Å². The minimum Gasteiger partial charge on any atom is -0.493 e. The number of nitrogens with zero attached hydrogens (tertiary/aromatic N) is 3. The van der Waals surface area contributed by atoms with Gasteiger partial charge in [0.2, 0.25) is 0 Å². The summed E-state index contributed by atoms with van der Waals surface area (Å²) in [7, 11) is 5.79. The third kappa shape index (κ3) is 1.37. The molecular formula is C20H23N3O3. The molecule has 6 rings (SSSR count). The van der Waals surface area contributed by atoms with E-state index in [-0.39, 0.29) is 12.1 Å². The number of likely N-dealkylation sites (tertiary alicyclic amines) is 1. The molecule has 4 aliphatic rings. The van der Waals surface area contributed by atoms with Gasteiger partial charge in [-0.3, -0.25) is 4.68 Å². The highest BCUT2D eigenvalue weighted by molar-refractivity contribution is 5.64. The molecule has 6 nitrogen and oxygen atoms in total. The summed E-state index contributed by atoms with van der Waals surface area (Å²) in [4.78, 5) is 2.33. The van der Waals surface area contributed by atoms with Gasteiger partial charge < -0.3 is 19.5 Å². The second-order valence-electron chi connectivity index (χ2n) is 8.33. The average Bonchev–Trinajstić information content (AvgIpc) is 3.14. The summed E-state index contributed by atoms with van der Waals surface area (Å²) in [6, 6.07) is 4.25. The molecule has 26 heavy (non-hydrogen) atoms. The SMILES string of the molecule is COc1ccc2c3c1OC1c4c(cnn4C)CC4(O)C(C2)N(C)CCC314. The number of likely N-dealkylation sites (N-methyl/N-ethyl adjacent to an activating group) is 1. The number of rotatable bonds is 1. The van der Waals surface area contributed by atoms with Crippen molar-refractivity contribution < 1.29 is 14.6 Å². The fourth-order valence-electron chi connectivity index (χ4n) is 6.33. The molecule has 136 valence electrons. The molecule has 1 N–H and O–H groups in total. The van der Waals surface area contributed by atoms with Crippen LogP contribution in [0, 0.1) is 0 Å². The van der Waals surface area contributed by atoms with Crippen LogP contribution < -0.4 is 9.47 Å². The summed E-state index contributed by atoms with van der Waals surface area (Å²) >= 11 is 0. The molecule has 4 unspecified atom stereocenters. The summed E-state index contributed by atoms with van der Waals surface area (Å²) in [6.45, 7) is 0.954. The number of piperidine rings is 1. The Morgan fingerprint density at radius 3 is 2.96 bits per heavy atom. The van der Waals surface area contributed by atoms with Gasteiger partial charge in [0.25, 0.3) is 0 Å². The molecule has 1 saturated heterocycles. The van der Waals surface area contributed by atoms with E-state index < -0.39 is 11.0 Å². The Balaban J connectivity index is 1.73. The van der Waals surface area contributed by atoms with Crippen LogP contribution in [0.25, 0.3) is 0 Å². The monoisotopic (exact) mass is 353 g/mol. The Morgan fingerprint density at radius 1 is 1.31 bits per heavy atom. The van der Waals surface area contributed by atoms with Crippen molar-refractivity contribution in [1.29, 1.82) is 0 Å². The first-order chi connectivity index (χ1) is 12.5. The zero-order valence-electron chi connectivity index (χ0n) is 15.3. The van der Waals surface area contributed by atoms with Crippen molar-refractivity contribution in [3.8, 4) is 11.5 Å². The summed E-state index contributed by atoms with van der Waals surface area (Å²) in [5.41, 5.74) is 3.39. The minimum absolute atomic E-state index is 0.0857. The second kappa shape index (κ2) is 4.43. The number of benzene rings is 1. The van der Waals surface area contributed by atoms with Crippen LogP contribution in [0.5, 0.6) is 11.5 Å². The van der Waals surface area contributed by atoms with E-state index in [0.717, 1.165) is 42.1 Å². The number of aromatic nitrogens is 2. The van der Waals surface area contributed by atoms with Gasteiger partial charge in [0, 0.05) is 30.6 Å². The molecule has 2 aliphatic carbocycles. The Labute approximate surface area is 152 Å². The molecule has 0 amide bonds. The lowest BCUT2D eigenvalue weighted by Gasteiger charge is -2.62. The average molecular weight is 353 g/mol. The molecule has 1 fully saturated rings. The zero-order valence-corrected chi connectivity index (χ0v) is 15.3. The summed E-state index contributed by atoms with van der Waals surface area (Å²) in [5, 5.41) is 16.7. The predicted molar refractivity (Wildman–Crippen MR) is 94.6 cm³/mol. The van der Waals surface area contributed by atoms with E-state index in [4.69, 9.17) is 9.47 Å². The van der Waals surface area contributed by atoms with Crippen LogP contribution >= 0.6 is 0 Å². The highest BCUT2D eigenvalue weighted by atomic mass is 16.5. The van der Waals surface area contributed by atoms with E-state index in [9.17, 15) is 5.11 Å². The van der Waals surface area contributed by atoms with Gasteiger partial charge in [-0.05, 0) is 38.1 Å². The van der Waals surface area contributed by atoms with Crippen molar-refractivity contribution in [3.63, 3.8) is 0 Å². The van der Waals surface area contributed by atoms with Gasteiger partial charge in [0.05, 0.1) is 30.0 Å². The number of aliphatic hydroxyl groups is 1. The maximum Gasteiger partial charge on any atom is 0.166 e. The molecule has 0 saturated carbocycles. The lowest BCUT2D eigenvalue weighted by molar-refractivity contribution is -0.168. The second-order valence-corrected chi connectivity index (χ2v) is 8.33. The quantitative estimate of drug-likeness (QED) is 0.839. The van der Waals surface area contributed by atoms with E-state index in [0.29, 0.717) is 6.42 Å². The molecule has 2 aliphatic heterocycles. The number of methoxy groups -OCH3 is 1. The van der Waals surface area contributed by atoms with Gasteiger partial charge in [-0.1, -0.05) is 6.07 Å². The number of ether oxygens (including phenoxy) is 2. The van der Waals surface area contributed by atoms with Gasteiger partial charge in [0.1, 0.15) is 0 Å². The summed E-state index contributed by atoms with van der Waals surface area (Å²) < 4.78 is 14.2. The van der Waals surface area contributed by atoms with Crippen LogP contribution in [-0.4, -0.2) is 52.1 Å². The van der Waals surface area contributed by atoms with E-state index in [1.807, 2.05) is 24.0 Å². The van der Waals surface area contributed by atoms with Gasteiger partial charge in [-0.25, -0.2) is 0 Å². The molecule has 3 heterocycles. The Kier molecular flexibility index (Phi) is 2.57. The minimum atomic E-state index is -0.856. The smallest absolute Gasteiger partial charge is 0.166 e. The van der Waals surface area contributed by atoms with Crippen LogP contribution in [0.4, 0.5) is 0 Å². The molecule has 2 aromatic rings. The lowest BCUT2D eigenvalue weighted by Crippen LogP contribution is -2.73. The van der Waals surface area contributed by atoms with Crippen molar-refractivity contribution >= 4 is 0 Å². The molecular weight excluding hydrogens is 330 g/mol. The largest absolute Gasteiger partial charge is 0.493 e. The highest BCUT2D eigenvalue weighted by Crippen LogP contribution is 2.68. The maximum absolute atomic E-state index is 12.2. The third-order valence-electron chi connectivity index (χ3n) is 7.46. The normalized spacial score (nSPS) is 36.3. The number of hydrogen-bond donors (Lipinski definition) is 1. The Morgan fingerprint density at radius 2 is 2.15 bits per heavy atom. The first-order valence-electron chi connectivity index (χ1n) is 9.31. The number of aryl methyl sites for hydroxylation is 1. The maximum atomic E-state index is 12.2. The predicted octanol–water partition coefficient (Wildman–Crippen LogP) is 1.35. The van der Waals surface area contributed by atoms with Gasteiger partial charge >= 0.3 is 0 Å². The lowest BCUT2D eigenvalue weighted by atomic mass is 9.49. The van der Waals surface area contributed by atoms with Crippen molar-refractivity contribution in [2.24, 2.45) is 7.05 Å². The molecule has 6 heteroatoms. The molecule has 0 radical (unpaired) electrons. The molecule has 2 bridgehead atoms. The molecule has 4 atom stereocenters. The van der Waals surface area contributed by atoms with Gasteiger partial charge in [-0.15, -0.1) is 0 Å². The van der Waals surface area contributed by atoms with Crippen molar-refractivity contribution in [3.05, 3.63) is 40.7 Å². The van der Waals surface area contributed by atoms with Crippen LogP contribution in [0.15, 0.2) is 18.3 Å². The highest BCUT2D eigenvalue weighted by Gasteiger charge is 2.72. The van der Waals surface area contributed by atoms with E-state index in [2.05, 4.69) is 23.1 Å². The van der Waals surface area contributed by atoms with Crippen LogP contribution in [0.3, 0.4) is 0 Å². The van der Waals surface area contributed by atoms with Crippen molar-refractivity contribution in [1.82, 2.24) is 14.7 Å². The fourth-order valence-corrected chi connectivity index (χ4v) is 6.33. The Bertz CT molecular complexity index is 954. The molecule has 1 spiro atoms. The van der Waals surface area contributed by atoms with E-state index in [1.54, 1.807) is 7.11 Å². The van der Waals surface area contributed by atoms with Crippen LogP contribution in [-0.2, 0) is 25.3 Å². The molecule has 1 aromatic heterocycles. The fraction of sp³-hybridized carbons (Fsp3) is 0.550. The topological polar surface area (TPSA) is 59.8 Å². The molecule has 1 aromatic carbocycles. The standard InChI is InChI=1S/C20H23N3O3/c1-22-7-6-19-15-11-4-5-13(25-3)17(15)26-18(19)16-12(10-21-23(16)2)9-20(19,24)14(22)8-11/h4-5,10,14,18,24H,6-9H2,1-3H3. The zero-order chi connectivity index (χ0) is 17.8. The number of hydrogen-bond acceptors (Lipinski definition) is 5. The first-order valence-corrected chi connectivity index (χ1v) is 9.31. The first kappa shape index (κ1) is 15.1. The van der Waals surface area contributed by atoms with Gasteiger partial charge in [-0.2, -0.15) is 5.10 Å². The number of fused-ring (bicyclic) bond motifs is 2. The summed E-state index contributed by atoms with van der Waals surface area (Å²) in [6.07, 6.45) is 4.02. The summed E-state index contributed by atoms with van der Waals surface area (Å²) in [5.74, 6) is 1.58. The Hall–Kier alpha value is -2.05. The van der Waals surface area contributed by atoms with Gasteiger partial charge in [0.15, 0.2) is 17.6 Å². The van der Waals surface area contributed by atoms with Crippen molar-refractivity contribution in [2.45, 2.75) is 42.4 Å². The van der Waals surface area contributed by atoms with Crippen LogP contribution in [0.1, 0.15) is 34.9 Å².